The second kappa shape index (κ2) is 6.61. The standard InChI is InChI=1S/C15H24N4O/c1-12(10-15(16)17)18-6-8-19(9-7-18)13-4-3-5-14(11-13)20-2/h3-5,11-12H,6-10H2,1-2H3,(H3,16,17). The summed E-state index contributed by atoms with van der Waals surface area (Å²) in [6.45, 7) is 6.14. The summed E-state index contributed by atoms with van der Waals surface area (Å²) in [7, 11) is 1.69. The molecule has 0 aliphatic carbocycles. The molecule has 3 N–H and O–H groups in total. The highest BCUT2D eigenvalue weighted by Gasteiger charge is 2.21. The van der Waals surface area contributed by atoms with Gasteiger partial charge in [-0.25, -0.2) is 0 Å². The summed E-state index contributed by atoms with van der Waals surface area (Å²) in [4.78, 5) is 4.78. The fourth-order valence-corrected chi connectivity index (χ4v) is 2.68. The van der Waals surface area contributed by atoms with Gasteiger partial charge in [0, 0.05) is 50.4 Å². The minimum absolute atomic E-state index is 0.271. The summed E-state index contributed by atoms with van der Waals surface area (Å²) in [5, 5.41) is 7.39. The average Bonchev–Trinajstić information content (AvgIpc) is 2.47. The molecule has 1 unspecified atom stereocenters. The summed E-state index contributed by atoms with van der Waals surface area (Å²) >= 11 is 0. The van der Waals surface area contributed by atoms with E-state index < -0.39 is 0 Å². The third-order valence-electron chi connectivity index (χ3n) is 3.87. The summed E-state index contributed by atoms with van der Waals surface area (Å²) in [6, 6.07) is 8.54. The highest BCUT2D eigenvalue weighted by atomic mass is 16.5. The Morgan fingerprint density at radius 2 is 2.05 bits per heavy atom. The molecular weight excluding hydrogens is 252 g/mol. The highest BCUT2D eigenvalue weighted by molar-refractivity contribution is 5.77. The summed E-state index contributed by atoms with van der Waals surface area (Å²) in [5.41, 5.74) is 6.69. The van der Waals surface area contributed by atoms with E-state index in [1.165, 1.54) is 5.69 Å². The van der Waals surface area contributed by atoms with Gasteiger partial charge in [0.15, 0.2) is 0 Å². The van der Waals surface area contributed by atoms with Crippen LogP contribution in [0.2, 0.25) is 0 Å². The van der Waals surface area contributed by atoms with E-state index in [2.05, 4.69) is 28.9 Å². The Labute approximate surface area is 120 Å². The van der Waals surface area contributed by atoms with E-state index in [0.29, 0.717) is 12.5 Å². The fraction of sp³-hybridized carbons (Fsp3) is 0.533. The van der Waals surface area contributed by atoms with Crippen LogP contribution in [0.4, 0.5) is 5.69 Å². The van der Waals surface area contributed by atoms with Crippen molar-refractivity contribution < 1.29 is 4.74 Å². The Kier molecular flexibility index (Phi) is 4.84. The van der Waals surface area contributed by atoms with Crippen LogP contribution >= 0.6 is 0 Å². The van der Waals surface area contributed by atoms with Crippen molar-refractivity contribution in [3.63, 3.8) is 0 Å². The van der Waals surface area contributed by atoms with Gasteiger partial charge in [-0.2, -0.15) is 0 Å². The molecule has 1 heterocycles. The van der Waals surface area contributed by atoms with Gasteiger partial charge in [-0.15, -0.1) is 0 Å². The van der Waals surface area contributed by atoms with E-state index in [4.69, 9.17) is 15.9 Å². The molecule has 0 aromatic heterocycles. The van der Waals surface area contributed by atoms with Gasteiger partial charge >= 0.3 is 0 Å². The van der Waals surface area contributed by atoms with Gasteiger partial charge in [0.1, 0.15) is 5.75 Å². The molecule has 0 saturated carbocycles. The minimum atomic E-state index is 0.271. The molecule has 0 bridgehead atoms. The minimum Gasteiger partial charge on any atom is -0.497 e. The SMILES string of the molecule is COc1cccc(N2CCN(C(C)CC(=N)N)CC2)c1. The molecular formula is C15H24N4O. The monoisotopic (exact) mass is 276 g/mol. The van der Waals surface area contributed by atoms with Crippen molar-refractivity contribution in [3.8, 4) is 5.75 Å². The van der Waals surface area contributed by atoms with Gasteiger partial charge in [0.2, 0.25) is 0 Å². The van der Waals surface area contributed by atoms with Gasteiger partial charge in [-0.3, -0.25) is 10.3 Å². The van der Waals surface area contributed by atoms with Crippen molar-refractivity contribution in [2.24, 2.45) is 5.73 Å². The molecule has 110 valence electrons. The van der Waals surface area contributed by atoms with Crippen molar-refractivity contribution >= 4 is 11.5 Å². The first-order chi connectivity index (χ1) is 9.60. The number of anilines is 1. The average molecular weight is 276 g/mol. The Morgan fingerprint density at radius 3 is 2.65 bits per heavy atom. The number of piperazine rings is 1. The normalized spacial score (nSPS) is 17.8. The molecule has 1 fully saturated rings. The van der Waals surface area contributed by atoms with Crippen LogP contribution < -0.4 is 15.4 Å². The zero-order valence-electron chi connectivity index (χ0n) is 12.3. The van der Waals surface area contributed by atoms with Crippen molar-refractivity contribution in [2.75, 3.05) is 38.2 Å². The van der Waals surface area contributed by atoms with Gasteiger partial charge in [0.25, 0.3) is 0 Å². The molecule has 2 rings (SSSR count). The number of hydrogen-bond acceptors (Lipinski definition) is 4. The fourth-order valence-electron chi connectivity index (χ4n) is 2.68. The predicted octanol–water partition coefficient (Wildman–Crippen LogP) is 1.53. The van der Waals surface area contributed by atoms with Crippen LogP contribution in [0, 0.1) is 5.41 Å². The molecule has 1 aromatic carbocycles. The first-order valence-corrected chi connectivity index (χ1v) is 7.06. The van der Waals surface area contributed by atoms with Crippen molar-refractivity contribution in [1.82, 2.24) is 4.90 Å². The summed E-state index contributed by atoms with van der Waals surface area (Å²) in [5.74, 6) is 1.17. The number of hydrogen-bond donors (Lipinski definition) is 2. The Balaban J connectivity index is 1.92. The molecule has 0 amide bonds. The maximum Gasteiger partial charge on any atom is 0.120 e. The summed E-state index contributed by atoms with van der Waals surface area (Å²) in [6.07, 6.45) is 0.652. The molecule has 1 atom stereocenters. The first kappa shape index (κ1) is 14.7. The van der Waals surface area contributed by atoms with E-state index in [1.807, 2.05) is 12.1 Å². The number of amidine groups is 1. The van der Waals surface area contributed by atoms with Crippen LogP contribution in [-0.2, 0) is 0 Å². The van der Waals surface area contributed by atoms with E-state index in [-0.39, 0.29) is 5.84 Å². The lowest BCUT2D eigenvalue weighted by atomic mass is 10.1. The second-order valence-electron chi connectivity index (χ2n) is 5.30. The lowest BCUT2D eigenvalue weighted by molar-refractivity contribution is 0.201. The van der Waals surface area contributed by atoms with Crippen LogP contribution in [0.25, 0.3) is 0 Å². The largest absolute Gasteiger partial charge is 0.497 e. The van der Waals surface area contributed by atoms with Crippen molar-refractivity contribution in [2.45, 2.75) is 19.4 Å². The molecule has 1 saturated heterocycles. The molecule has 1 aliphatic heterocycles. The molecule has 5 heteroatoms. The van der Waals surface area contributed by atoms with Gasteiger partial charge in [-0.05, 0) is 19.1 Å². The lowest BCUT2D eigenvalue weighted by Gasteiger charge is -2.39. The maximum absolute atomic E-state index is 7.39. The molecule has 0 spiro atoms. The Bertz CT molecular complexity index is 455. The number of nitrogens with one attached hydrogen (secondary N) is 1. The number of ether oxygens (including phenoxy) is 1. The highest BCUT2D eigenvalue weighted by Crippen LogP contribution is 2.22. The smallest absolute Gasteiger partial charge is 0.120 e. The second-order valence-corrected chi connectivity index (χ2v) is 5.30. The summed E-state index contributed by atoms with van der Waals surface area (Å²) < 4.78 is 5.27. The van der Waals surface area contributed by atoms with Crippen molar-refractivity contribution in [1.29, 1.82) is 5.41 Å². The number of nitrogens with two attached hydrogens (primary N) is 1. The molecule has 1 aliphatic rings. The van der Waals surface area contributed by atoms with Crippen LogP contribution in [0.3, 0.4) is 0 Å². The number of benzene rings is 1. The van der Waals surface area contributed by atoms with Crippen LogP contribution in [0.1, 0.15) is 13.3 Å². The number of nitrogens with zero attached hydrogens (tertiary/aromatic N) is 2. The molecule has 0 radical (unpaired) electrons. The maximum atomic E-state index is 7.39. The topological polar surface area (TPSA) is 65.6 Å². The molecule has 20 heavy (non-hydrogen) atoms. The van der Waals surface area contributed by atoms with Gasteiger partial charge in [-0.1, -0.05) is 6.07 Å². The zero-order chi connectivity index (χ0) is 14.5. The number of methoxy groups -OCH3 is 1. The van der Waals surface area contributed by atoms with E-state index in [0.717, 1.165) is 31.9 Å². The zero-order valence-corrected chi connectivity index (χ0v) is 12.3. The van der Waals surface area contributed by atoms with Gasteiger partial charge < -0.3 is 15.4 Å². The molecule has 1 aromatic rings. The Morgan fingerprint density at radius 1 is 1.35 bits per heavy atom. The lowest BCUT2D eigenvalue weighted by Crippen LogP contribution is -2.50. The van der Waals surface area contributed by atoms with Crippen LogP contribution in [-0.4, -0.2) is 50.1 Å². The van der Waals surface area contributed by atoms with Crippen molar-refractivity contribution in [3.05, 3.63) is 24.3 Å². The Hall–Kier alpha value is -1.75. The molecule has 5 nitrogen and oxygen atoms in total. The number of rotatable bonds is 5. The van der Waals surface area contributed by atoms with Crippen LogP contribution in [0.5, 0.6) is 5.75 Å². The van der Waals surface area contributed by atoms with Crippen LogP contribution in [0.15, 0.2) is 24.3 Å². The third-order valence-corrected chi connectivity index (χ3v) is 3.87. The predicted molar refractivity (Wildman–Crippen MR) is 82.8 cm³/mol. The first-order valence-electron chi connectivity index (χ1n) is 7.06. The van der Waals surface area contributed by atoms with E-state index in [9.17, 15) is 0 Å². The van der Waals surface area contributed by atoms with E-state index >= 15 is 0 Å². The van der Waals surface area contributed by atoms with Gasteiger partial charge in [0.05, 0.1) is 12.9 Å². The third kappa shape index (κ3) is 3.63. The quantitative estimate of drug-likeness (QED) is 0.632. The van der Waals surface area contributed by atoms with E-state index in [1.54, 1.807) is 7.11 Å².